The number of rotatable bonds is 7. The summed E-state index contributed by atoms with van der Waals surface area (Å²) in [6.07, 6.45) is 0. The van der Waals surface area contributed by atoms with E-state index in [2.05, 4.69) is 11.9 Å². The SMILES string of the molecule is C=C(C)CN(CC)CC(=O)Nc1ccc([N+](=O)[O-])cc1C. The van der Waals surface area contributed by atoms with Crippen molar-refractivity contribution in [2.45, 2.75) is 20.8 Å². The summed E-state index contributed by atoms with van der Waals surface area (Å²) in [4.78, 5) is 24.2. The van der Waals surface area contributed by atoms with Gasteiger partial charge in [0.1, 0.15) is 0 Å². The van der Waals surface area contributed by atoms with Gasteiger partial charge in [-0.3, -0.25) is 19.8 Å². The van der Waals surface area contributed by atoms with Gasteiger partial charge >= 0.3 is 0 Å². The molecule has 0 aliphatic heterocycles. The van der Waals surface area contributed by atoms with Gasteiger partial charge in [-0.05, 0) is 32.0 Å². The van der Waals surface area contributed by atoms with Crippen LogP contribution in [0, 0.1) is 17.0 Å². The second-order valence-electron chi connectivity index (χ2n) is 5.06. The van der Waals surface area contributed by atoms with Crippen LogP contribution in [0.2, 0.25) is 0 Å². The van der Waals surface area contributed by atoms with Crippen LogP contribution in [0.1, 0.15) is 19.4 Å². The number of nitro groups is 1. The minimum atomic E-state index is -0.454. The summed E-state index contributed by atoms with van der Waals surface area (Å²) in [5.41, 5.74) is 2.27. The third kappa shape index (κ3) is 5.35. The van der Waals surface area contributed by atoms with Crippen LogP contribution in [-0.4, -0.2) is 35.4 Å². The molecule has 0 saturated carbocycles. The molecule has 1 aromatic rings. The Labute approximate surface area is 124 Å². The molecular formula is C15H21N3O3. The highest BCUT2D eigenvalue weighted by atomic mass is 16.6. The van der Waals surface area contributed by atoms with Gasteiger partial charge in [0.05, 0.1) is 11.5 Å². The molecule has 21 heavy (non-hydrogen) atoms. The van der Waals surface area contributed by atoms with Crippen LogP contribution in [0.4, 0.5) is 11.4 Å². The summed E-state index contributed by atoms with van der Waals surface area (Å²) >= 11 is 0. The van der Waals surface area contributed by atoms with E-state index in [1.54, 1.807) is 13.0 Å². The first-order valence-electron chi connectivity index (χ1n) is 6.75. The molecule has 0 heterocycles. The van der Waals surface area contributed by atoms with Crippen molar-refractivity contribution < 1.29 is 9.72 Å². The highest BCUT2D eigenvalue weighted by Gasteiger charge is 2.12. The molecule has 6 heteroatoms. The molecule has 0 spiro atoms. The molecule has 1 rings (SSSR count). The third-order valence-corrected chi connectivity index (χ3v) is 3.00. The predicted molar refractivity (Wildman–Crippen MR) is 83.4 cm³/mol. The van der Waals surface area contributed by atoms with Crippen molar-refractivity contribution in [1.29, 1.82) is 0 Å². The molecule has 0 aliphatic rings. The molecule has 0 fully saturated rings. The van der Waals surface area contributed by atoms with E-state index in [0.29, 0.717) is 17.8 Å². The molecule has 0 atom stereocenters. The number of carbonyl (C=O) groups excluding carboxylic acids is 1. The zero-order valence-corrected chi connectivity index (χ0v) is 12.7. The second-order valence-corrected chi connectivity index (χ2v) is 5.06. The lowest BCUT2D eigenvalue weighted by molar-refractivity contribution is -0.384. The molecular weight excluding hydrogens is 270 g/mol. The van der Waals surface area contributed by atoms with Crippen molar-refractivity contribution in [3.63, 3.8) is 0 Å². The van der Waals surface area contributed by atoms with E-state index in [-0.39, 0.29) is 18.1 Å². The van der Waals surface area contributed by atoms with E-state index in [1.165, 1.54) is 12.1 Å². The number of non-ortho nitro benzene ring substituents is 1. The van der Waals surface area contributed by atoms with Gasteiger partial charge in [0.2, 0.25) is 5.91 Å². The summed E-state index contributed by atoms with van der Waals surface area (Å²) in [7, 11) is 0. The lowest BCUT2D eigenvalue weighted by Crippen LogP contribution is -2.34. The lowest BCUT2D eigenvalue weighted by atomic mass is 10.2. The van der Waals surface area contributed by atoms with Crippen LogP contribution in [0.25, 0.3) is 0 Å². The number of carbonyl (C=O) groups is 1. The number of hydrogen-bond acceptors (Lipinski definition) is 4. The normalized spacial score (nSPS) is 10.5. The number of benzene rings is 1. The number of nitro benzene ring substituents is 1. The Balaban J connectivity index is 2.70. The van der Waals surface area contributed by atoms with Crippen molar-refractivity contribution in [1.82, 2.24) is 4.90 Å². The average molecular weight is 291 g/mol. The van der Waals surface area contributed by atoms with E-state index >= 15 is 0 Å². The van der Waals surface area contributed by atoms with Gasteiger partial charge in [0, 0.05) is 24.4 Å². The summed E-state index contributed by atoms with van der Waals surface area (Å²) in [6.45, 7) is 11.1. The molecule has 6 nitrogen and oxygen atoms in total. The quantitative estimate of drug-likeness (QED) is 0.476. The van der Waals surface area contributed by atoms with Crippen LogP contribution in [0.15, 0.2) is 30.4 Å². The number of nitrogens with one attached hydrogen (secondary N) is 1. The van der Waals surface area contributed by atoms with Crippen molar-refractivity contribution >= 4 is 17.3 Å². The highest BCUT2D eigenvalue weighted by molar-refractivity contribution is 5.93. The topological polar surface area (TPSA) is 75.5 Å². The van der Waals surface area contributed by atoms with E-state index in [0.717, 1.165) is 12.1 Å². The van der Waals surface area contributed by atoms with Gasteiger partial charge in [-0.2, -0.15) is 0 Å². The summed E-state index contributed by atoms with van der Waals surface area (Å²) in [5.74, 6) is -0.143. The molecule has 1 amide bonds. The zero-order valence-electron chi connectivity index (χ0n) is 12.7. The minimum Gasteiger partial charge on any atom is -0.325 e. The van der Waals surface area contributed by atoms with Crippen LogP contribution >= 0.6 is 0 Å². The predicted octanol–water partition coefficient (Wildman–Crippen LogP) is 2.74. The lowest BCUT2D eigenvalue weighted by Gasteiger charge is -2.20. The molecule has 0 radical (unpaired) electrons. The van der Waals surface area contributed by atoms with Crippen molar-refractivity contribution in [3.05, 3.63) is 46.0 Å². The maximum absolute atomic E-state index is 12.0. The number of likely N-dealkylation sites (N-methyl/N-ethyl adjacent to an activating group) is 1. The Morgan fingerprint density at radius 2 is 2.10 bits per heavy atom. The Morgan fingerprint density at radius 1 is 1.43 bits per heavy atom. The Morgan fingerprint density at radius 3 is 2.57 bits per heavy atom. The molecule has 114 valence electrons. The second kappa shape index (κ2) is 7.54. The van der Waals surface area contributed by atoms with Gasteiger partial charge in [0.15, 0.2) is 0 Å². The molecule has 0 saturated heterocycles. The number of amides is 1. The molecule has 0 bridgehead atoms. The largest absolute Gasteiger partial charge is 0.325 e. The number of aryl methyl sites for hydroxylation is 1. The number of hydrogen-bond donors (Lipinski definition) is 1. The number of anilines is 1. The Kier molecular flexibility index (Phi) is 6.05. The van der Waals surface area contributed by atoms with Gasteiger partial charge in [-0.25, -0.2) is 0 Å². The first kappa shape index (κ1) is 16.8. The maximum Gasteiger partial charge on any atom is 0.269 e. The summed E-state index contributed by atoms with van der Waals surface area (Å²) in [6, 6.07) is 4.38. The van der Waals surface area contributed by atoms with Gasteiger partial charge in [-0.1, -0.05) is 19.1 Å². The maximum atomic E-state index is 12.0. The standard InChI is InChI=1S/C15H21N3O3/c1-5-17(9-11(2)3)10-15(19)16-14-7-6-13(18(20)21)8-12(14)4/h6-8H,2,5,9-10H2,1,3-4H3,(H,16,19). The van der Waals surface area contributed by atoms with E-state index in [4.69, 9.17) is 0 Å². The molecule has 0 aliphatic carbocycles. The molecule has 0 unspecified atom stereocenters. The Hall–Kier alpha value is -2.21. The van der Waals surface area contributed by atoms with Crippen molar-refractivity contribution in [3.8, 4) is 0 Å². The number of nitrogens with zero attached hydrogens (tertiary/aromatic N) is 2. The fourth-order valence-corrected chi connectivity index (χ4v) is 1.96. The zero-order chi connectivity index (χ0) is 16.0. The molecule has 1 aromatic carbocycles. The van der Waals surface area contributed by atoms with E-state index < -0.39 is 4.92 Å². The fraction of sp³-hybridized carbons (Fsp3) is 0.400. The molecule has 0 aromatic heterocycles. The Bertz CT molecular complexity index is 555. The van der Waals surface area contributed by atoms with Gasteiger partial charge < -0.3 is 5.32 Å². The minimum absolute atomic E-state index is 0.0166. The molecule has 1 N–H and O–H groups in total. The van der Waals surface area contributed by atoms with Crippen molar-refractivity contribution in [2.75, 3.05) is 25.0 Å². The van der Waals surface area contributed by atoms with Gasteiger partial charge in [-0.15, -0.1) is 0 Å². The van der Waals surface area contributed by atoms with Crippen LogP contribution < -0.4 is 5.32 Å². The smallest absolute Gasteiger partial charge is 0.269 e. The summed E-state index contributed by atoms with van der Waals surface area (Å²) < 4.78 is 0. The summed E-state index contributed by atoms with van der Waals surface area (Å²) in [5, 5.41) is 13.5. The monoisotopic (exact) mass is 291 g/mol. The van der Waals surface area contributed by atoms with E-state index in [1.807, 2.05) is 18.7 Å². The van der Waals surface area contributed by atoms with Crippen LogP contribution in [-0.2, 0) is 4.79 Å². The van der Waals surface area contributed by atoms with Crippen LogP contribution in [0.3, 0.4) is 0 Å². The first-order chi connectivity index (χ1) is 9.83. The highest BCUT2D eigenvalue weighted by Crippen LogP contribution is 2.21. The third-order valence-electron chi connectivity index (χ3n) is 3.00. The van der Waals surface area contributed by atoms with Crippen molar-refractivity contribution in [2.24, 2.45) is 0 Å². The van der Waals surface area contributed by atoms with E-state index in [9.17, 15) is 14.9 Å². The fourth-order valence-electron chi connectivity index (χ4n) is 1.96. The van der Waals surface area contributed by atoms with Gasteiger partial charge in [0.25, 0.3) is 5.69 Å². The first-order valence-corrected chi connectivity index (χ1v) is 6.75. The average Bonchev–Trinajstić information content (AvgIpc) is 2.39. The van der Waals surface area contributed by atoms with Crippen LogP contribution in [0.5, 0.6) is 0 Å².